The Bertz CT molecular complexity index is 675. The molecule has 7 nitrogen and oxygen atoms in total. The summed E-state index contributed by atoms with van der Waals surface area (Å²) in [6, 6.07) is 5.99. The van der Waals surface area contributed by atoms with Crippen molar-refractivity contribution in [3.05, 3.63) is 29.8 Å². The minimum absolute atomic E-state index is 0.153. The minimum atomic E-state index is -3.59. The molecule has 0 radical (unpaired) electrons. The van der Waals surface area contributed by atoms with Crippen molar-refractivity contribution >= 4 is 15.9 Å². The molecule has 1 saturated heterocycles. The zero-order valence-corrected chi connectivity index (χ0v) is 15.9. The third-order valence-electron chi connectivity index (χ3n) is 3.79. The van der Waals surface area contributed by atoms with E-state index in [-0.39, 0.29) is 10.8 Å². The number of rotatable bonds is 6. The Balaban J connectivity index is 1.89. The van der Waals surface area contributed by atoms with Gasteiger partial charge in [0.15, 0.2) is 0 Å². The lowest BCUT2D eigenvalue weighted by molar-refractivity contribution is 0.0947. The average molecular weight is 369 g/mol. The van der Waals surface area contributed by atoms with Gasteiger partial charge in [0.05, 0.1) is 4.90 Å². The molecule has 1 fully saturated rings. The third kappa shape index (κ3) is 6.39. The van der Waals surface area contributed by atoms with Gasteiger partial charge in [-0.2, -0.15) is 0 Å². The summed E-state index contributed by atoms with van der Waals surface area (Å²) in [5.41, 5.74) is -0.103. The van der Waals surface area contributed by atoms with Gasteiger partial charge in [-0.1, -0.05) is 0 Å². The predicted molar refractivity (Wildman–Crippen MR) is 98.2 cm³/mol. The molecule has 0 atom stereocenters. The van der Waals surface area contributed by atoms with Crippen LogP contribution in [0.2, 0.25) is 0 Å². The van der Waals surface area contributed by atoms with E-state index in [2.05, 4.69) is 20.3 Å². The molecular formula is C17H28N4O3S. The minimum Gasteiger partial charge on any atom is -0.351 e. The second-order valence-electron chi connectivity index (χ2n) is 7.23. The van der Waals surface area contributed by atoms with Crippen LogP contribution < -0.4 is 15.4 Å². The lowest BCUT2D eigenvalue weighted by atomic mass is 10.1. The number of sulfonamides is 1. The van der Waals surface area contributed by atoms with Crippen LogP contribution in [0.4, 0.5) is 0 Å². The fourth-order valence-corrected chi connectivity index (χ4v) is 4.03. The molecule has 0 spiro atoms. The fraction of sp³-hybridized carbons (Fsp3) is 0.588. The summed E-state index contributed by atoms with van der Waals surface area (Å²) in [5, 5.41) is 6.16. The highest BCUT2D eigenvalue weighted by atomic mass is 32.2. The van der Waals surface area contributed by atoms with E-state index < -0.39 is 15.6 Å². The molecule has 140 valence electrons. The first kappa shape index (κ1) is 19.8. The lowest BCUT2D eigenvalue weighted by Gasteiger charge is -2.27. The van der Waals surface area contributed by atoms with Crippen molar-refractivity contribution in [1.29, 1.82) is 0 Å². The van der Waals surface area contributed by atoms with Crippen molar-refractivity contribution < 1.29 is 13.2 Å². The molecule has 0 aromatic heterocycles. The predicted octanol–water partition coefficient (Wildman–Crippen LogP) is 0.398. The van der Waals surface area contributed by atoms with Crippen molar-refractivity contribution in [2.24, 2.45) is 0 Å². The molecule has 0 aliphatic carbocycles. The van der Waals surface area contributed by atoms with E-state index in [1.165, 1.54) is 24.3 Å². The number of hydrogen-bond donors (Lipinski definition) is 3. The van der Waals surface area contributed by atoms with Crippen LogP contribution in [0, 0.1) is 0 Å². The maximum absolute atomic E-state index is 12.3. The highest BCUT2D eigenvalue weighted by Crippen LogP contribution is 2.13. The summed E-state index contributed by atoms with van der Waals surface area (Å²) in [6.45, 7) is 10.7. The van der Waals surface area contributed by atoms with Crippen LogP contribution in [0.15, 0.2) is 29.2 Å². The van der Waals surface area contributed by atoms with Crippen LogP contribution in [0.1, 0.15) is 31.1 Å². The van der Waals surface area contributed by atoms with Crippen LogP contribution in [0.5, 0.6) is 0 Å². The molecule has 1 aliphatic rings. The van der Waals surface area contributed by atoms with Crippen molar-refractivity contribution in [1.82, 2.24) is 20.3 Å². The van der Waals surface area contributed by atoms with Crippen molar-refractivity contribution in [2.75, 3.05) is 39.3 Å². The van der Waals surface area contributed by atoms with Gasteiger partial charge in [-0.25, -0.2) is 13.1 Å². The van der Waals surface area contributed by atoms with E-state index in [1.807, 2.05) is 0 Å². The molecule has 0 bridgehead atoms. The van der Waals surface area contributed by atoms with Gasteiger partial charge in [0, 0.05) is 50.4 Å². The van der Waals surface area contributed by atoms with Gasteiger partial charge in [0.2, 0.25) is 10.0 Å². The van der Waals surface area contributed by atoms with Gasteiger partial charge < -0.3 is 10.6 Å². The first-order valence-electron chi connectivity index (χ1n) is 8.53. The van der Waals surface area contributed by atoms with Crippen LogP contribution in [-0.2, 0) is 10.0 Å². The van der Waals surface area contributed by atoms with Crippen LogP contribution in [0.25, 0.3) is 0 Å². The van der Waals surface area contributed by atoms with Gasteiger partial charge in [0.1, 0.15) is 0 Å². The number of hydrogen-bond acceptors (Lipinski definition) is 5. The first-order valence-corrected chi connectivity index (χ1v) is 10.0. The summed E-state index contributed by atoms with van der Waals surface area (Å²) in [6.07, 6.45) is 0. The maximum atomic E-state index is 12.3. The van der Waals surface area contributed by atoms with Crippen molar-refractivity contribution in [3.8, 4) is 0 Å². The van der Waals surface area contributed by atoms with Gasteiger partial charge in [-0.15, -0.1) is 0 Å². The molecule has 1 amide bonds. The van der Waals surface area contributed by atoms with E-state index in [1.54, 1.807) is 20.8 Å². The van der Waals surface area contributed by atoms with E-state index in [9.17, 15) is 13.2 Å². The fourth-order valence-electron chi connectivity index (χ4n) is 2.61. The molecule has 1 aromatic carbocycles. The summed E-state index contributed by atoms with van der Waals surface area (Å²) in [5.74, 6) is -0.192. The Hall–Kier alpha value is -1.48. The lowest BCUT2D eigenvalue weighted by Crippen LogP contribution is -2.46. The molecule has 2 rings (SSSR count). The smallest absolute Gasteiger partial charge is 0.251 e. The molecule has 8 heteroatoms. The number of nitrogens with zero attached hydrogens (tertiary/aromatic N) is 1. The topological polar surface area (TPSA) is 90.5 Å². The molecule has 25 heavy (non-hydrogen) atoms. The Morgan fingerprint density at radius 3 is 2.32 bits per heavy atom. The summed E-state index contributed by atoms with van der Waals surface area (Å²) in [7, 11) is -3.59. The standard InChI is InChI=1S/C17H28N4O3S/c1-17(2,3)20-25(23,24)15-6-4-14(5-7-15)16(22)19-10-13-21-11-8-18-9-12-21/h4-7,18,20H,8-13H2,1-3H3,(H,19,22). The van der Waals surface area contributed by atoms with Crippen LogP contribution in [0.3, 0.4) is 0 Å². The van der Waals surface area contributed by atoms with E-state index in [4.69, 9.17) is 0 Å². The summed E-state index contributed by atoms with van der Waals surface area (Å²) in [4.78, 5) is 14.6. The number of nitrogens with one attached hydrogen (secondary N) is 3. The number of carbonyl (C=O) groups is 1. The Labute approximate surface area is 150 Å². The van der Waals surface area contributed by atoms with E-state index >= 15 is 0 Å². The normalized spacial score (nSPS) is 16.6. The van der Waals surface area contributed by atoms with Crippen LogP contribution in [-0.4, -0.2) is 64.0 Å². The maximum Gasteiger partial charge on any atom is 0.251 e. The van der Waals surface area contributed by atoms with Gasteiger partial charge in [-0.05, 0) is 45.0 Å². The van der Waals surface area contributed by atoms with Gasteiger partial charge >= 0.3 is 0 Å². The molecule has 1 aliphatic heterocycles. The van der Waals surface area contributed by atoms with E-state index in [0.717, 1.165) is 32.7 Å². The second kappa shape index (κ2) is 8.27. The van der Waals surface area contributed by atoms with Crippen LogP contribution >= 0.6 is 0 Å². The SMILES string of the molecule is CC(C)(C)NS(=O)(=O)c1ccc(C(=O)NCCN2CCNCC2)cc1. The Morgan fingerprint density at radius 2 is 1.76 bits per heavy atom. The van der Waals surface area contributed by atoms with Crippen molar-refractivity contribution in [2.45, 2.75) is 31.2 Å². The summed E-state index contributed by atoms with van der Waals surface area (Å²) < 4.78 is 27.1. The molecule has 0 unspecified atom stereocenters. The van der Waals surface area contributed by atoms with Gasteiger partial charge in [0.25, 0.3) is 5.91 Å². The molecular weight excluding hydrogens is 340 g/mol. The number of benzene rings is 1. The summed E-state index contributed by atoms with van der Waals surface area (Å²) >= 11 is 0. The molecule has 3 N–H and O–H groups in total. The second-order valence-corrected chi connectivity index (χ2v) is 8.91. The molecule has 1 aromatic rings. The third-order valence-corrected chi connectivity index (χ3v) is 5.56. The zero-order chi connectivity index (χ0) is 18.5. The molecule has 1 heterocycles. The van der Waals surface area contributed by atoms with Gasteiger partial charge in [-0.3, -0.25) is 9.69 Å². The zero-order valence-electron chi connectivity index (χ0n) is 15.1. The Morgan fingerprint density at radius 1 is 1.16 bits per heavy atom. The number of piperazine rings is 1. The average Bonchev–Trinajstić information content (AvgIpc) is 2.54. The number of amides is 1. The first-order chi connectivity index (χ1) is 11.7. The number of carbonyl (C=O) groups excluding carboxylic acids is 1. The highest BCUT2D eigenvalue weighted by molar-refractivity contribution is 7.89. The Kier molecular flexibility index (Phi) is 6.56. The largest absolute Gasteiger partial charge is 0.351 e. The quantitative estimate of drug-likeness (QED) is 0.676. The van der Waals surface area contributed by atoms with Crippen molar-refractivity contribution in [3.63, 3.8) is 0 Å². The highest BCUT2D eigenvalue weighted by Gasteiger charge is 2.22. The molecule has 0 saturated carbocycles. The van der Waals surface area contributed by atoms with E-state index in [0.29, 0.717) is 12.1 Å². The monoisotopic (exact) mass is 368 g/mol.